The Morgan fingerprint density at radius 3 is 1.43 bits per heavy atom. The second-order valence-electron chi connectivity index (χ2n) is 2.69. The average molecular weight is 199 g/mol. The van der Waals surface area contributed by atoms with E-state index in [1.54, 1.807) is 0 Å². The molecule has 0 amide bonds. The normalized spacial score (nSPS) is 14.0. The number of ether oxygens (including phenoxy) is 1. The summed E-state index contributed by atoms with van der Waals surface area (Å²) in [6, 6.07) is 0. The van der Waals surface area contributed by atoms with Crippen LogP contribution in [0.4, 0.5) is 0 Å². The standard InChI is InChI=1S/C6H15N.C4H2O3/c1-4-7(5-2)6-3;5-3-1-2-4(6)7-3/h4-6H2,1-3H3;1-2H. The summed E-state index contributed by atoms with van der Waals surface area (Å²) in [4.78, 5) is 22.2. The van der Waals surface area contributed by atoms with Gasteiger partial charge in [0.05, 0.1) is 0 Å². The minimum Gasteiger partial charge on any atom is -0.387 e. The number of hydrogen-bond donors (Lipinski definition) is 0. The molecule has 1 rings (SSSR count). The Morgan fingerprint density at radius 2 is 1.36 bits per heavy atom. The maximum Gasteiger partial charge on any atom is 0.338 e. The molecule has 4 nitrogen and oxygen atoms in total. The molecule has 80 valence electrons. The van der Waals surface area contributed by atoms with Gasteiger partial charge in [0.15, 0.2) is 0 Å². The van der Waals surface area contributed by atoms with Crippen molar-refractivity contribution in [1.29, 1.82) is 0 Å². The molecule has 0 saturated carbocycles. The van der Waals surface area contributed by atoms with Crippen molar-refractivity contribution in [3.63, 3.8) is 0 Å². The SMILES string of the molecule is CCN(CC)CC.O=C1C=CC(=O)O1. The quantitative estimate of drug-likeness (QED) is 0.502. The van der Waals surface area contributed by atoms with Crippen molar-refractivity contribution in [2.45, 2.75) is 20.8 Å². The minimum absolute atomic E-state index is 0.579. The molecule has 14 heavy (non-hydrogen) atoms. The van der Waals surface area contributed by atoms with Crippen LogP contribution in [-0.2, 0) is 14.3 Å². The molecule has 0 atom stereocenters. The Balaban J connectivity index is 0.000000241. The Hall–Kier alpha value is -1.16. The smallest absolute Gasteiger partial charge is 0.338 e. The molecule has 1 heterocycles. The lowest BCUT2D eigenvalue weighted by molar-refractivity contribution is -0.150. The molecular formula is C10H17NO3. The lowest BCUT2D eigenvalue weighted by Crippen LogP contribution is -2.21. The van der Waals surface area contributed by atoms with Gasteiger partial charge in [-0.25, -0.2) is 9.59 Å². The fraction of sp³-hybridized carbons (Fsp3) is 0.600. The van der Waals surface area contributed by atoms with Gasteiger partial charge in [-0.15, -0.1) is 0 Å². The molecule has 0 N–H and O–H groups in total. The molecule has 0 fully saturated rings. The van der Waals surface area contributed by atoms with Gasteiger partial charge < -0.3 is 9.64 Å². The highest BCUT2D eigenvalue weighted by molar-refractivity contribution is 6.04. The van der Waals surface area contributed by atoms with Crippen molar-refractivity contribution in [2.75, 3.05) is 19.6 Å². The first kappa shape index (κ1) is 12.8. The molecule has 0 aliphatic carbocycles. The predicted octanol–water partition coefficient (Wildman–Crippen LogP) is 0.974. The number of nitrogens with zero attached hydrogens (tertiary/aromatic N) is 1. The van der Waals surface area contributed by atoms with Crippen LogP contribution in [-0.4, -0.2) is 36.5 Å². The Morgan fingerprint density at radius 1 is 1.00 bits per heavy atom. The van der Waals surface area contributed by atoms with E-state index < -0.39 is 11.9 Å². The van der Waals surface area contributed by atoms with Crippen molar-refractivity contribution in [2.24, 2.45) is 0 Å². The minimum atomic E-state index is -0.579. The van der Waals surface area contributed by atoms with Gasteiger partial charge in [0.1, 0.15) is 0 Å². The molecule has 0 aromatic carbocycles. The van der Waals surface area contributed by atoms with Crippen LogP contribution >= 0.6 is 0 Å². The summed E-state index contributed by atoms with van der Waals surface area (Å²) in [7, 11) is 0. The van der Waals surface area contributed by atoms with E-state index in [4.69, 9.17) is 0 Å². The molecule has 0 unspecified atom stereocenters. The molecule has 4 heteroatoms. The van der Waals surface area contributed by atoms with Crippen molar-refractivity contribution >= 4 is 11.9 Å². The van der Waals surface area contributed by atoms with Crippen LogP contribution in [0.5, 0.6) is 0 Å². The van der Waals surface area contributed by atoms with Gasteiger partial charge >= 0.3 is 11.9 Å². The number of cyclic esters (lactones) is 2. The molecule has 1 aliphatic heterocycles. The second-order valence-corrected chi connectivity index (χ2v) is 2.69. The Labute approximate surface area is 84.5 Å². The molecular weight excluding hydrogens is 182 g/mol. The van der Waals surface area contributed by atoms with E-state index in [1.165, 1.54) is 19.6 Å². The van der Waals surface area contributed by atoms with Crippen LogP contribution in [0.25, 0.3) is 0 Å². The summed E-state index contributed by atoms with van der Waals surface area (Å²) in [5.74, 6) is -1.16. The molecule has 0 aromatic rings. The first-order valence-electron chi connectivity index (χ1n) is 4.80. The zero-order valence-corrected chi connectivity index (χ0v) is 8.95. The number of carbonyl (C=O) groups excluding carboxylic acids is 2. The van der Waals surface area contributed by atoms with Crippen LogP contribution in [0.1, 0.15) is 20.8 Å². The lowest BCUT2D eigenvalue weighted by Gasteiger charge is -2.13. The van der Waals surface area contributed by atoms with E-state index >= 15 is 0 Å². The van der Waals surface area contributed by atoms with Gasteiger partial charge in [0.25, 0.3) is 0 Å². The van der Waals surface area contributed by atoms with E-state index in [-0.39, 0.29) is 0 Å². The fourth-order valence-corrected chi connectivity index (χ4v) is 0.974. The van der Waals surface area contributed by atoms with Gasteiger partial charge in [-0.2, -0.15) is 0 Å². The molecule has 0 radical (unpaired) electrons. The van der Waals surface area contributed by atoms with E-state index in [2.05, 4.69) is 30.4 Å². The van der Waals surface area contributed by atoms with Crippen molar-refractivity contribution in [3.8, 4) is 0 Å². The predicted molar refractivity (Wildman–Crippen MR) is 53.7 cm³/mol. The van der Waals surface area contributed by atoms with Crippen LogP contribution in [0.2, 0.25) is 0 Å². The summed E-state index contributed by atoms with van der Waals surface area (Å²) >= 11 is 0. The van der Waals surface area contributed by atoms with Crippen LogP contribution in [0, 0.1) is 0 Å². The third-order valence-electron chi connectivity index (χ3n) is 1.90. The first-order chi connectivity index (χ1) is 6.63. The zero-order valence-electron chi connectivity index (χ0n) is 8.95. The van der Waals surface area contributed by atoms with E-state index in [9.17, 15) is 9.59 Å². The Kier molecular flexibility index (Phi) is 6.66. The summed E-state index contributed by atoms with van der Waals surface area (Å²) in [6.45, 7) is 10.1. The van der Waals surface area contributed by atoms with Gasteiger partial charge in [0, 0.05) is 12.2 Å². The number of esters is 2. The molecule has 0 bridgehead atoms. The maximum atomic E-state index is 9.92. The molecule has 0 spiro atoms. The molecule has 0 aromatic heterocycles. The third kappa shape index (κ3) is 5.48. The zero-order chi connectivity index (χ0) is 11.0. The first-order valence-corrected chi connectivity index (χ1v) is 4.80. The van der Waals surface area contributed by atoms with Crippen LogP contribution in [0.15, 0.2) is 12.2 Å². The highest BCUT2D eigenvalue weighted by Crippen LogP contribution is 1.92. The topological polar surface area (TPSA) is 46.6 Å². The third-order valence-corrected chi connectivity index (χ3v) is 1.90. The summed E-state index contributed by atoms with van der Waals surface area (Å²) < 4.78 is 3.97. The second kappa shape index (κ2) is 7.26. The van der Waals surface area contributed by atoms with Crippen LogP contribution < -0.4 is 0 Å². The number of carbonyl (C=O) groups is 2. The summed E-state index contributed by atoms with van der Waals surface area (Å²) in [5, 5.41) is 0. The van der Waals surface area contributed by atoms with Gasteiger partial charge in [-0.05, 0) is 19.6 Å². The maximum absolute atomic E-state index is 9.92. The van der Waals surface area contributed by atoms with Crippen LogP contribution in [0.3, 0.4) is 0 Å². The van der Waals surface area contributed by atoms with E-state index in [0.29, 0.717) is 0 Å². The summed E-state index contributed by atoms with van der Waals surface area (Å²) in [6.07, 6.45) is 2.17. The average Bonchev–Trinajstić information content (AvgIpc) is 2.54. The molecule has 0 saturated heterocycles. The fourth-order valence-electron chi connectivity index (χ4n) is 0.974. The van der Waals surface area contributed by atoms with Gasteiger partial charge in [0.2, 0.25) is 0 Å². The number of hydrogen-bond acceptors (Lipinski definition) is 4. The van der Waals surface area contributed by atoms with Crippen molar-refractivity contribution in [1.82, 2.24) is 4.90 Å². The van der Waals surface area contributed by atoms with E-state index in [0.717, 1.165) is 12.2 Å². The van der Waals surface area contributed by atoms with Crippen molar-refractivity contribution in [3.05, 3.63) is 12.2 Å². The van der Waals surface area contributed by atoms with Gasteiger partial charge in [-0.1, -0.05) is 20.8 Å². The molecule has 1 aliphatic rings. The van der Waals surface area contributed by atoms with E-state index in [1.807, 2.05) is 0 Å². The highest BCUT2D eigenvalue weighted by Gasteiger charge is 2.10. The largest absolute Gasteiger partial charge is 0.387 e. The summed E-state index contributed by atoms with van der Waals surface area (Å²) in [5.41, 5.74) is 0. The number of rotatable bonds is 3. The lowest BCUT2D eigenvalue weighted by atomic mass is 10.5. The monoisotopic (exact) mass is 199 g/mol. The van der Waals surface area contributed by atoms with Gasteiger partial charge in [-0.3, -0.25) is 0 Å². The highest BCUT2D eigenvalue weighted by atomic mass is 16.6. The Bertz CT molecular complexity index is 198. The van der Waals surface area contributed by atoms with Crippen molar-refractivity contribution < 1.29 is 14.3 Å².